The van der Waals surface area contributed by atoms with Crippen molar-refractivity contribution in [2.24, 2.45) is 0 Å². The molecule has 1 aromatic rings. The molecule has 0 aliphatic rings. The number of hydrogen-bond acceptors (Lipinski definition) is 4. The lowest BCUT2D eigenvalue weighted by Gasteiger charge is -2.05. The van der Waals surface area contributed by atoms with E-state index < -0.39 is 5.97 Å². The Kier molecular flexibility index (Phi) is 6.47. The van der Waals surface area contributed by atoms with Crippen molar-refractivity contribution in [3.63, 3.8) is 0 Å². The largest absolute Gasteiger partial charge is 0.478 e. The summed E-state index contributed by atoms with van der Waals surface area (Å²) in [5.74, 6) is -0.509. The second-order valence-electron chi connectivity index (χ2n) is 3.76. The lowest BCUT2D eigenvalue weighted by molar-refractivity contribution is -0.118. The number of aromatic carboxylic acids is 1. The number of nitrogens with one attached hydrogen (secondary N) is 1. The van der Waals surface area contributed by atoms with Gasteiger partial charge in [0.05, 0.1) is 23.1 Å². The minimum atomic E-state index is -0.959. The number of carbonyl (C=O) groups excluding carboxylic acids is 1. The van der Waals surface area contributed by atoms with Crippen LogP contribution in [0.1, 0.15) is 15.9 Å². The number of rotatable bonds is 7. The third-order valence-electron chi connectivity index (χ3n) is 2.31. The smallest absolute Gasteiger partial charge is 0.335 e. The molecule has 1 rings (SSSR count). The van der Waals surface area contributed by atoms with Crippen LogP contribution in [-0.4, -0.2) is 35.0 Å². The Morgan fingerprint density at radius 2 is 2.21 bits per heavy atom. The maximum absolute atomic E-state index is 11.3. The summed E-state index contributed by atoms with van der Waals surface area (Å²) < 4.78 is 0. The first kappa shape index (κ1) is 15.1. The van der Waals surface area contributed by atoms with E-state index in [2.05, 4.69) is 5.32 Å². The first-order valence-electron chi connectivity index (χ1n) is 5.67. The predicted octanol–water partition coefficient (Wildman–Crippen LogP) is 1.30. The Morgan fingerprint density at radius 3 is 2.89 bits per heavy atom. The van der Waals surface area contributed by atoms with Crippen LogP contribution >= 0.6 is 11.8 Å². The maximum atomic E-state index is 11.3. The summed E-state index contributed by atoms with van der Waals surface area (Å²) in [4.78, 5) is 22.1. The molecule has 0 bridgehead atoms. The van der Waals surface area contributed by atoms with Crippen LogP contribution in [0.15, 0.2) is 24.3 Å². The topological polar surface area (TPSA) is 90.2 Å². The normalized spacial score (nSPS) is 9.63. The third kappa shape index (κ3) is 5.93. The van der Waals surface area contributed by atoms with Gasteiger partial charge in [0.15, 0.2) is 0 Å². The van der Waals surface area contributed by atoms with Crippen molar-refractivity contribution in [1.29, 1.82) is 5.26 Å². The molecule has 1 aromatic carbocycles. The van der Waals surface area contributed by atoms with Crippen LogP contribution in [-0.2, 0) is 11.2 Å². The molecule has 0 saturated heterocycles. The molecular weight excluding hydrogens is 264 g/mol. The molecule has 0 spiro atoms. The fourth-order valence-corrected chi connectivity index (χ4v) is 1.93. The average Bonchev–Trinajstić information content (AvgIpc) is 2.39. The summed E-state index contributed by atoms with van der Waals surface area (Å²) in [6, 6.07) is 8.58. The SMILES string of the molecule is N#CCSCC(=O)NCCc1cccc(C(=O)O)c1. The lowest BCUT2D eigenvalue weighted by Crippen LogP contribution is -2.27. The van der Waals surface area contributed by atoms with E-state index in [4.69, 9.17) is 10.4 Å². The monoisotopic (exact) mass is 278 g/mol. The first-order valence-corrected chi connectivity index (χ1v) is 6.82. The highest BCUT2D eigenvalue weighted by molar-refractivity contribution is 8.00. The first-order chi connectivity index (χ1) is 9.13. The van der Waals surface area contributed by atoms with Crippen molar-refractivity contribution in [1.82, 2.24) is 5.32 Å². The zero-order valence-electron chi connectivity index (χ0n) is 10.3. The van der Waals surface area contributed by atoms with Gasteiger partial charge in [0.1, 0.15) is 0 Å². The van der Waals surface area contributed by atoms with Crippen LogP contribution in [0, 0.1) is 11.3 Å². The molecule has 0 saturated carbocycles. The summed E-state index contributed by atoms with van der Waals surface area (Å²) in [7, 11) is 0. The number of hydrogen-bond donors (Lipinski definition) is 2. The van der Waals surface area contributed by atoms with E-state index in [9.17, 15) is 9.59 Å². The molecule has 19 heavy (non-hydrogen) atoms. The molecule has 0 unspecified atom stereocenters. The van der Waals surface area contributed by atoms with Gasteiger partial charge in [-0.1, -0.05) is 12.1 Å². The molecule has 0 fully saturated rings. The summed E-state index contributed by atoms with van der Waals surface area (Å²) in [5, 5.41) is 19.9. The molecule has 6 heteroatoms. The fraction of sp³-hybridized carbons (Fsp3) is 0.308. The summed E-state index contributed by atoms with van der Waals surface area (Å²) in [5.41, 5.74) is 1.11. The average molecular weight is 278 g/mol. The molecule has 0 atom stereocenters. The Hall–Kier alpha value is -2.00. The molecule has 1 amide bonds. The van der Waals surface area contributed by atoms with Crippen LogP contribution in [0.4, 0.5) is 0 Å². The molecule has 0 radical (unpaired) electrons. The van der Waals surface area contributed by atoms with Gasteiger partial charge in [0.25, 0.3) is 0 Å². The second kappa shape index (κ2) is 8.16. The van der Waals surface area contributed by atoms with Crippen molar-refractivity contribution >= 4 is 23.6 Å². The summed E-state index contributed by atoms with van der Waals surface area (Å²) >= 11 is 1.26. The zero-order valence-corrected chi connectivity index (χ0v) is 11.1. The van der Waals surface area contributed by atoms with Gasteiger partial charge in [-0.15, -0.1) is 11.8 Å². The Morgan fingerprint density at radius 1 is 1.42 bits per heavy atom. The Bertz CT molecular complexity index is 497. The van der Waals surface area contributed by atoms with Crippen LogP contribution in [0.25, 0.3) is 0 Å². The van der Waals surface area contributed by atoms with E-state index in [0.29, 0.717) is 18.7 Å². The number of carboxylic acid groups (broad SMARTS) is 1. The van der Waals surface area contributed by atoms with Crippen molar-refractivity contribution in [2.75, 3.05) is 18.1 Å². The standard InChI is InChI=1S/C13H14N2O3S/c14-5-7-19-9-12(16)15-6-4-10-2-1-3-11(8-10)13(17)18/h1-3,8H,4,6-7,9H2,(H,15,16)(H,17,18). The second-order valence-corrected chi connectivity index (χ2v) is 4.74. The minimum absolute atomic E-state index is 0.116. The van der Waals surface area contributed by atoms with E-state index in [1.807, 2.05) is 12.1 Å². The highest BCUT2D eigenvalue weighted by atomic mass is 32.2. The van der Waals surface area contributed by atoms with E-state index in [0.717, 1.165) is 5.56 Å². The van der Waals surface area contributed by atoms with E-state index in [1.165, 1.54) is 17.8 Å². The number of nitrogens with zero attached hydrogens (tertiary/aromatic N) is 1. The molecule has 0 aromatic heterocycles. The number of amides is 1. The van der Waals surface area contributed by atoms with Gasteiger partial charge in [-0.2, -0.15) is 5.26 Å². The van der Waals surface area contributed by atoms with E-state index >= 15 is 0 Å². The van der Waals surface area contributed by atoms with Gasteiger partial charge >= 0.3 is 5.97 Å². The molecule has 0 aliphatic heterocycles. The molecule has 5 nitrogen and oxygen atoms in total. The highest BCUT2D eigenvalue weighted by Gasteiger charge is 2.04. The summed E-state index contributed by atoms with van der Waals surface area (Å²) in [6.07, 6.45) is 0.579. The number of benzene rings is 1. The molecule has 0 heterocycles. The Labute approximate surface area is 115 Å². The van der Waals surface area contributed by atoms with Crippen molar-refractivity contribution in [2.45, 2.75) is 6.42 Å². The zero-order chi connectivity index (χ0) is 14.1. The third-order valence-corrected chi connectivity index (χ3v) is 3.11. The van der Waals surface area contributed by atoms with Crippen molar-refractivity contribution in [3.05, 3.63) is 35.4 Å². The van der Waals surface area contributed by atoms with E-state index in [-0.39, 0.29) is 17.2 Å². The van der Waals surface area contributed by atoms with E-state index in [1.54, 1.807) is 12.1 Å². The lowest BCUT2D eigenvalue weighted by atomic mass is 10.1. The summed E-state index contributed by atoms with van der Waals surface area (Å²) in [6.45, 7) is 0.453. The predicted molar refractivity (Wildman–Crippen MR) is 73.1 cm³/mol. The number of thioether (sulfide) groups is 1. The van der Waals surface area contributed by atoms with Gasteiger partial charge in [-0.3, -0.25) is 4.79 Å². The fourth-order valence-electron chi connectivity index (χ4n) is 1.45. The molecule has 0 aliphatic carbocycles. The Balaban J connectivity index is 2.33. The van der Waals surface area contributed by atoms with Gasteiger partial charge < -0.3 is 10.4 Å². The van der Waals surface area contributed by atoms with Gasteiger partial charge in [0, 0.05) is 6.54 Å². The molecular formula is C13H14N2O3S. The molecule has 100 valence electrons. The van der Waals surface area contributed by atoms with Gasteiger partial charge in [-0.25, -0.2) is 4.79 Å². The van der Waals surface area contributed by atoms with Crippen molar-refractivity contribution in [3.8, 4) is 6.07 Å². The number of nitriles is 1. The van der Waals surface area contributed by atoms with Crippen LogP contribution < -0.4 is 5.32 Å². The highest BCUT2D eigenvalue weighted by Crippen LogP contribution is 2.05. The van der Waals surface area contributed by atoms with Crippen LogP contribution in [0.5, 0.6) is 0 Å². The minimum Gasteiger partial charge on any atom is -0.478 e. The number of carbonyl (C=O) groups is 2. The van der Waals surface area contributed by atoms with Gasteiger partial charge in [-0.05, 0) is 24.1 Å². The van der Waals surface area contributed by atoms with Crippen molar-refractivity contribution < 1.29 is 14.7 Å². The maximum Gasteiger partial charge on any atom is 0.335 e. The van der Waals surface area contributed by atoms with Gasteiger partial charge in [0.2, 0.25) is 5.91 Å². The number of carboxylic acids is 1. The molecule has 2 N–H and O–H groups in total. The quantitative estimate of drug-likeness (QED) is 0.734. The van der Waals surface area contributed by atoms with Crippen LogP contribution in [0.3, 0.4) is 0 Å². The van der Waals surface area contributed by atoms with Crippen LogP contribution in [0.2, 0.25) is 0 Å².